The molecule has 2 N–H and O–H groups in total. The molecule has 0 spiro atoms. The summed E-state index contributed by atoms with van der Waals surface area (Å²) in [6.07, 6.45) is 6.14. The zero-order valence-electron chi connectivity index (χ0n) is 17.2. The number of rotatable bonds is 7. The lowest BCUT2D eigenvalue weighted by atomic mass is 9.90. The lowest BCUT2D eigenvalue weighted by Crippen LogP contribution is -3.11. The maximum Gasteiger partial charge on any atom is 0.251 e. The third-order valence-electron chi connectivity index (χ3n) is 6.36. The molecule has 0 saturated carbocycles. The second kappa shape index (κ2) is 10.0. The van der Waals surface area contributed by atoms with Crippen LogP contribution in [0.15, 0.2) is 54.6 Å². The minimum absolute atomic E-state index is 0.00104. The van der Waals surface area contributed by atoms with E-state index in [1.54, 1.807) is 4.90 Å². The summed E-state index contributed by atoms with van der Waals surface area (Å²) in [5, 5.41) is 3.00. The fourth-order valence-electron chi connectivity index (χ4n) is 4.59. The van der Waals surface area contributed by atoms with Gasteiger partial charge in [-0.2, -0.15) is 0 Å². The van der Waals surface area contributed by atoms with Crippen molar-refractivity contribution < 1.29 is 14.4 Å². The molecular weight excluding hydrogens is 360 g/mol. The van der Waals surface area contributed by atoms with Crippen LogP contribution in [0.3, 0.4) is 0 Å². The van der Waals surface area contributed by atoms with E-state index in [0.29, 0.717) is 6.54 Å². The zero-order valence-corrected chi connectivity index (χ0v) is 17.2. The van der Waals surface area contributed by atoms with E-state index in [-0.39, 0.29) is 12.0 Å². The highest BCUT2D eigenvalue weighted by Gasteiger charge is 2.22. The molecule has 2 saturated heterocycles. The largest absolute Gasteiger partial charge is 0.376 e. The van der Waals surface area contributed by atoms with E-state index in [9.17, 15) is 4.79 Å². The zero-order chi connectivity index (χ0) is 19.9. The van der Waals surface area contributed by atoms with Crippen LogP contribution in [0, 0.1) is 5.92 Å². The van der Waals surface area contributed by atoms with Crippen molar-refractivity contribution in [2.24, 2.45) is 5.92 Å². The summed E-state index contributed by atoms with van der Waals surface area (Å²) in [7, 11) is 0. The van der Waals surface area contributed by atoms with Crippen molar-refractivity contribution in [3.63, 3.8) is 0 Å². The van der Waals surface area contributed by atoms with Crippen molar-refractivity contribution in [1.82, 2.24) is 5.32 Å². The van der Waals surface area contributed by atoms with Gasteiger partial charge < -0.3 is 15.0 Å². The molecule has 1 atom stereocenters. The lowest BCUT2D eigenvalue weighted by Gasteiger charge is -2.29. The number of benzene rings is 2. The Morgan fingerprint density at radius 3 is 2.41 bits per heavy atom. The molecule has 0 radical (unpaired) electrons. The number of nitrogens with one attached hydrogen (secondary N) is 2. The van der Waals surface area contributed by atoms with Gasteiger partial charge in [0.15, 0.2) is 0 Å². The molecule has 2 aliphatic heterocycles. The Labute approximate surface area is 174 Å². The van der Waals surface area contributed by atoms with Gasteiger partial charge in [-0.15, -0.1) is 0 Å². The van der Waals surface area contributed by atoms with Crippen molar-refractivity contribution in [2.75, 3.05) is 26.2 Å². The number of piperidine rings is 1. The Morgan fingerprint density at radius 2 is 1.72 bits per heavy atom. The van der Waals surface area contributed by atoms with Crippen LogP contribution in [0.2, 0.25) is 0 Å². The number of carbonyl (C=O) groups is 1. The molecule has 0 aliphatic carbocycles. The Bertz CT molecular complexity index is 761. The van der Waals surface area contributed by atoms with Crippen LogP contribution < -0.4 is 10.2 Å². The summed E-state index contributed by atoms with van der Waals surface area (Å²) in [6.45, 7) is 4.96. The Hall–Kier alpha value is -2.17. The molecule has 4 heteroatoms. The van der Waals surface area contributed by atoms with E-state index in [0.717, 1.165) is 37.5 Å². The molecule has 29 heavy (non-hydrogen) atoms. The molecule has 1 amide bonds. The van der Waals surface area contributed by atoms with E-state index in [1.165, 1.54) is 43.5 Å². The molecule has 0 aromatic heterocycles. The highest BCUT2D eigenvalue weighted by atomic mass is 16.5. The van der Waals surface area contributed by atoms with Crippen LogP contribution in [0.4, 0.5) is 0 Å². The summed E-state index contributed by atoms with van der Waals surface area (Å²) < 4.78 is 5.57. The van der Waals surface area contributed by atoms with Gasteiger partial charge in [0.05, 0.1) is 19.2 Å². The number of likely N-dealkylation sites (tertiary alicyclic amines) is 1. The van der Waals surface area contributed by atoms with Gasteiger partial charge >= 0.3 is 0 Å². The number of ether oxygens (including phenoxy) is 1. The molecule has 0 bridgehead atoms. The fraction of sp³-hybridized carbons (Fsp3) is 0.480. The van der Waals surface area contributed by atoms with Crippen LogP contribution in [0.5, 0.6) is 0 Å². The van der Waals surface area contributed by atoms with E-state index in [1.807, 2.05) is 12.1 Å². The lowest BCUT2D eigenvalue weighted by molar-refractivity contribution is -0.919. The van der Waals surface area contributed by atoms with Crippen molar-refractivity contribution >= 4 is 5.91 Å². The molecule has 0 unspecified atom stereocenters. The minimum atomic E-state index is 0.00104. The van der Waals surface area contributed by atoms with E-state index in [2.05, 4.69) is 47.8 Å². The third-order valence-corrected chi connectivity index (χ3v) is 6.36. The van der Waals surface area contributed by atoms with Gasteiger partial charge in [-0.05, 0) is 55.7 Å². The first-order valence-electron chi connectivity index (χ1n) is 11.1. The highest BCUT2D eigenvalue weighted by molar-refractivity contribution is 5.94. The number of amides is 1. The second-order valence-electron chi connectivity index (χ2n) is 8.60. The predicted octanol–water partition coefficient (Wildman–Crippen LogP) is 2.63. The Morgan fingerprint density at radius 1 is 0.966 bits per heavy atom. The number of quaternary nitrogens is 1. The van der Waals surface area contributed by atoms with Crippen LogP contribution >= 0.6 is 0 Å². The first kappa shape index (κ1) is 20.1. The van der Waals surface area contributed by atoms with E-state index in [4.69, 9.17) is 4.74 Å². The smallest absolute Gasteiger partial charge is 0.251 e. The summed E-state index contributed by atoms with van der Waals surface area (Å²) >= 11 is 0. The van der Waals surface area contributed by atoms with Gasteiger partial charge in [0.25, 0.3) is 5.91 Å². The topological polar surface area (TPSA) is 42.8 Å². The fourth-order valence-corrected chi connectivity index (χ4v) is 4.59. The average Bonchev–Trinajstić information content (AvgIpc) is 3.28. The average molecular weight is 394 g/mol. The molecular formula is C25H33N2O2+. The number of carbonyl (C=O) groups excluding carboxylic acids is 1. The number of hydrogen-bond acceptors (Lipinski definition) is 2. The summed E-state index contributed by atoms with van der Waals surface area (Å²) in [4.78, 5) is 14.0. The predicted molar refractivity (Wildman–Crippen MR) is 115 cm³/mol. The van der Waals surface area contributed by atoms with E-state index < -0.39 is 0 Å². The molecule has 2 heterocycles. The second-order valence-corrected chi connectivity index (χ2v) is 8.60. The molecule has 2 fully saturated rings. The Kier molecular flexibility index (Phi) is 6.96. The van der Waals surface area contributed by atoms with Crippen LogP contribution in [0.1, 0.15) is 47.2 Å². The quantitative estimate of drug-likeness (QED) is 0.759. The summed E-state index contributed by atoms with van der Waals surface area (Å²) in [5.41, 5.74) is 3.52. The number of hydrogen-bond donors (Lipinski definition) is 2. The van der Waals surface area contributed by atoms with Crippen molar-refractivity contribution in [1.29, 1.82) is 0 Å². The molecule has 4 rings (SSSR count). The van der Waals surface area contributed by atoms with E-state index >= 15 is 0 Å². The first-order chi connectivity index (χ1) is 14.3. The van der Waals surface area contributed by atoms with Gasteiger partial charge in [0, 0.05) is 24.3 Å². The monoisotopic (exact) mass is 393 g/mol. The van der Waals surface area contributed by atoms with Gasteiger partial charge in [-0.3, -0.25) is 4.79 Å². The SMILES string of the molecule is O=C(NC[C@@H]1CCCO1)c1ccc(C[NH+]2CCC(Cc3ccccc3)CC2)cc1. The normalized spacial score (nSPS) is 24.3. The maximum absolute atomic E-state index is 12.3. The van der Waals surface area contributed by atoms with Gasteiger partial charge in [0.1, 0.15) is 6.54 Å². The van der Waals surface area contributed by atoms with Crippen molar-refractivity contribution in [2.45, 2.75) is 44.8 Å². The molecule has 2 aliphatic rings. The van der Waals surface area contributed by atoms with Crippen LogP contribution in [0.25, 0.3) is 0 Å². The minimum Gasteiger partial charge on any atom is -0.376 e. The van der Waals surface area contributed by atoms with Gasteiger partial charge in [0.2, 0.25) is 0 Å². The van der Waals surface area contributed by atoms with Crippen molar-refractivity contribution in [3.8, 4) is 0 Å². The molecule has 154 valence electrons. The van der Waals surface area contributed by atoms with Gasteiger partial charge in [-0.1, -0.05) is 42.5 Å². The Balaban J connectivity index is 1.20. The van der Waals surface area contributed by atoms with Crippen LogP contribution in [-0.4, -0.2) is 38.3 Å². The molecule has 2 aromatic rings. The maximum atomic E-state index is 12.3. The summed E-state index contributed by atoms with van der Waals surface area (Å²) in [5.74, 6) is 0.817. The standard InChI is InChI=1S/C25H32N2O2/c28-25(26-18-24-7-4-16-29-24)23-10-8-22(9-11-23)19-27-14-12-21(13-15-27)17-20-5-2-1-3-6-20/h1-3,5-6,8-11,21,24H,4,7,12-19H2,(H,26,28)/p+1/t24-/m0/s1. The van der Waals surface area contributed by atoms with Crippen molar-refractivity contribution in [3.05, 3.63) is 71.3 Å². The van der Waals surface area contributed by atoms with Gasteiger partial charge in [-0.25, -0.2) is 0 Å². The molecule has 2 aromatic carbocycles. The third kappa shape index (κ3) is 5.91. The highest BCUT2D eigenvalue weighted by Crippen LogP contribution is 2.17. The molecule has 4 nitrogen and oxygen atoms in total. The summed E-state index contributed by atoms with van der Waals surface area (Å²) in [6, 6.07) is 19.0. The first-order valence-corrected chi connectivity index (χ1v) is 11.1. The van der Waals surface area contributed by atoms with Crippen LogP contribution in [-0.2, 0) is 17.7 Å².